The van der Waals surface area contributed by atoms with E-state index in [1.54, 1.807) is 0 Å². The van der Waals surface area contributed by atoms with E-state index in [0.29, 0.717) is 26.3 Å². The van der Waals surface area contributed by atoms with Crippen LogP contribution >= 0.6 is 0 Å². The van der Waals surface area contributed by atoms with Crippen molar-refractivity contribution in [1.29, 1.82) is 0 Å². The van der Waals surface area contributed by atoms with E-state index >= 15 is 0 Å². The van der Waals surface area contributed by atoms with Crippen molar-refractivity contribution in [3.63, 3.8) is 0 Å². The number of carbonyl (C=O) groups excluding carboxylic acids is 2. The molecule has 0 spiro atoms. The highest BCUT2D eigenvalue weighted by atomic mass is 16.5. The standard InChI is InChI=1S/C19H33NO4/c1-20(12-14-23-18(21)16-8-4-2-5-9-16)13-15-24-19(22)17-10-6-3-7-11-17/h16-17H,2-15H2,1H3. The van der Waals surface area contributed by atoms with E-state index in [9.17, 15) is 9.59 Å². The molecule has 0 aliphatic heterocycles. The summed E-state index contributed by atoms with van der Waals surface area (Å²) in [5, 5.41) is 0. The molecule has 0 bridgehead atoms. The van der Waals surface area contributed by atoms with Gasteiger partial charge in [-0.1, -0.05) is 38.5 Å². The maximum atomic E-state index is 11.9. The Morgan fingerprint density at radius 2 is 1.12 bits per heavy atom. The molecule has 2 rings (SSSR count). The van der Waals surface area contributed by atoms with Gasteiger partial charge in [-0.3, -0.25) is 14.5 Å². The fourth-order valence-electron chi connectivity index (χ4n) is 3.63. The SMILES string of the molecule is CN(CCOC(=O)C1CCCCC1)CCOC(=O)C1CCCCC1. The van der Waals surface area contributed by atoms with Gasteiger partial charge in [0.2, 0.25) is 0 Å². The Kier molecular flexibility index (Phi) is 8.57. The lowest BCUT2D eigenvalue weighted by Crippen LogP contribution is -2.31. The molecular formula is C19H33NO4. The lowest BCUT2D eigenvalue weighted by molar-refractivity contribution is -0.150. The van der Waals surface area contributed by atoms with Crippen LogP contribution in [0.1, 0.15) is 64.2 Å². The quantitative estimate of drug-likeness (QED) is 0.636. The van der Waals surface area contributed by atoms with Gasteiger partial charge in [0.25, 0.3) is 0 Å². The predicted octanol–water partition coefficient (Wildman–Crippen LogP) is 3.17. The highest BCUT2D eigenvalue weighted by Crippen LogP contribution is 2.25. The van der Waals surface area contributed by atoms with E-state index in [0.717, 1.165) is 51.4 Å². The molecule has 0 saturated heterocycles. The molecule has 5 nitrogen and oxygen atoms in total. The molecule has 138 valence electrons. The molecule has 0 amide bonds. The first-order valence-electron chi connectivity index (χ1n) is 9.68. The van der Waals surface area contributed by atoms with Crippen LogP contribution in [-0.2, 0) is 19.1 Å². The van der Waals surface area contributed by atoms with Crippen molar-refractivity contribution in [3.05, 3.63) is 0 Å². The smallest absolute Gasteiger partial charge is 0.308 e. The van der Waals surface area contributed by atoms with Crippen molar-refractivity contribution in [1.82, 2.24) is 4.90 Å². The van der Waals surface area contributed by atoms with E-state index in [-0.39, 0.29) is 23.8 Å². The Labute approximate surface area is 146 Å². The van der Waals surface area contributed by atoms with E-state index in [1.165, 1.54) is 12.8 Å². The third kappa shape index (κ3) is 6.80. The van der Waals surface area contributed by atoms with Crippen molar-refractivity contribution in [2.24, 2.45) is 11.8 Å². The molecule has 2 fully saturated rings. The molecule has 0 atom stereocenters. The summed E-state index contributed by atoms with van der Waals surface area (Å²) in [7, 11) is 1.96. The summed E-state index contributed by atoms with van der Waals surface area (Å²) < 4.78 is 10.8. The minimum Gasteiger partial charge on any atom is -0.464 e. The van der Waals surface area contributed by atoms with Gasteiger partial charge in [-0.15, -0.1) is 0 Å². The summed E-state index contributed by atoms with van der Waals surface area (Å²) in [5.74, 6) is 0.152. The Hall–Kier alpha value is -1.10. The van der Waals surface area contributed by atoms with Crippen LogP contribution in [0, 0.1) is 11.8 Å². The second kappa shape index (κ2) is 10.7. The van der Waals surface area contributed by atoms with Crippen LogP contribution in [0.25, 0.3) is 0 Å². The zero-order valence-electron chi connectivity index (χ0n) is 15.1. The number of carbonyl (C=O) groups is 2. The van der Waals surface area contributed by atoms with E-state index in [1.807, 2.05) is 11.9 Å². The highest BCUT2D eigenvalue weighted by molar-refractivity contribution is 5.72. The Balaban J connectivity index is 1.50. The summed E-state index contributed by atoms with van der Waals surface area (Å²) in [6, 6.07) is 0. The van der Waals surface area contributed by atoms with Crippen molar-refractivity contribution in [2.45, 2.75) is 64.2 Å². The number of nitrogens with zero attached hydrogens (tertiary/aromatic N) is 1. The molecule has 0 unspecified atom stereocenters. The summed E-state index contributed by atoms with van der Waals surface area (Å²) in [6.45, 7) is 2.20. The summed E-state index contributed by atoms with van der Waals surface area (Å²) >= 11 is 0. The van der Waals surface area contributed by atoms with Crippen LogP contribution in [0.2, 0.25) is 0 Å². The number of likely N-dealkylation sites (N-methyl/N-ethyl adjacent to an activating group) is 1. The van der Waals surface area contributed by atoms with E-state index in [4.69, 9.17) is 9.47 Å². The first-order chi connectivity index (χ1) is 11.7. The van der Waals surface area contributed by atoms with Crippen LogP contribution in [-0.4, -0.2) is 50.2 Å². The molecule has 2 aliphatic carbocycles. The van der Waals surface area contributed by atoms with Gasteiger partial charge in [-0.25, -0.2) is 0 Å². The van der Waals surface area contributed by atoms with Crippen LogP contribution in [0.3, 0.4) is 0 Å². The molecular weight excluding hydrogens is 306 g/mol. The Morgan fingerprint density at radius 3 is 1.50 bits per heavy atom. The van der Waals surface area contributed by atoms with Gasteiger partial charge in [0, 0.05) is 13.1 Å². The first-order valence-corrected chi connectivity index (χ1v) is 9.68. The van der Waals surface area contributed by atoms with Gasteiger partial charge in [0.15, 0.2) is 0 Å². The molecule has 2 aliphatic rings. The fraction of sp³-hybridized carbons (Fsp3) is 0.895. The van der Waals surface area contributed by atoms with Crippen LogP contribution in [0.15, 0.2) is 0 Å². The molecule has 0 radical (unpaired) electrons. The normalized spacial score (nSPS) is 20.1. The summed E-state index contributed by atoms with van der Waals surface area (Å²) in [4.78, 5) is 25.9. The molecule has 5 heteroatoms. The van der Waals surface area contributed by atoms with Gasteiger partial charge in [-0.05, 0) is 32.7 Å². The third-order valence-electron chi connectivity index (χ3n) is 5.31. The second-order valence-corrected chi connectivity index (χ2v) is 7.31. The lowest BCUT2D eigenvalue weighted by atomic mass is 9.89. The zero-order valence-corrected chi connectivity index (χ0v) is 15.1. The number of ether oxygens (including phenoxy) is 2. The average Bonchev–Trinajstić information content (AvgIpc) is 2.63. The van der Waals surface area contributed by atoms with Crippen LogP contribution < -0.4 is 0 Å². The van der Waals surface area contributed by atoms with Crippen molar-refractivity contribution in [3.8, 4) is 0 Å². The Bertz CT molecular complexity index is 351. The van der Waals surface area contributed by atoms with E-state index in [2.05, 4.69) is 0 Å². The fourth-order valence-corrected chi connectivity index (χ4v) is 3.63. The Morgan fingerprint density at radius 1 is 0.750 bits per heavy atom. The largest absolute Gasteiger partial charge is 0.464 e. The molecule has 0 aromatic rings. The number of hydrogen-bond acceptors (Lipinski definition) is 5. The molecule has 2 saturated carbocycles. The maximum Gasteiger partial charge on any atom is 0.308 e. The summed E-state index contributed by atoms with van der Waals surface area (Å²) in [6.07, 6.45) is 11.0. The predicted molar refractivity (Wildman–Crippen MR) is 92.6 cm³/mol. The van der Waals surface area contributed by atoms with Gasteiger partial charge >= 0.3 is 11.9 Å². The summed E-state index contributed by atoms with van der Waals surface area (Å²) in [5.41, 5.74) is 0. The van der Waals surface area contributed by atoms with Gasteiger partial charge in [-0.2, -0.15) is 0 Å². The highest BCUT2D eigenvalue weighted by Gasteiger charge is 2.23. The van der Waals surface area contributed by atoms with E-state index < -0.39 is 0 Å². The number of rotatable bonds is 8. The number of hydrogen-bond donors (Lipinski definition) is 0. The van der Waals surface area contributed by atoms with Crippen LogP contribution in [0.4, 0.5) is 0 Å². The second-order valence-electron chi connectivity index (χ2n) is 7.31. The molecule has 24 heavy (non-hydrogen) atoms. The van der Waals surface area contributed by atoms with Gasteiger partial charge < -0.3 is 9.47 Å². The number of esters is 2. The minimum atomic E-state index is -0.0353. The van der Waals surface area contributed by atoms with Crippen molar-refractivity contribution >= 4 is 11.9 Å². The molecule has 0 heterocycles. The van der Waals surface area contributed by atoms with Gasteiger partial charge in [0.1, 0.15) is 13.2 Å². The van der Waals surface area contributed by atoms with Crippen molar-refractivity contribution < 1.29 is 19.1 Å². The van der Waals surface area contributed by atoms with Gasteiger partial charge in [0.05, 0.1) is 11.8 Å². The molecule has 0 aromatic carbocycles. The first kappa shape index (κ1) is 19.2. The average molecular weight is 339 g/mol. The minimum absolute atomic E-state index is 0.0353. The molecule has 0 N–H and O–H groups in total. The third-order valence-corrected chi connectivity index (χ3v) is 5.31. The van der Waals surface area contributed by atoms with Crippen molar-refractivity contribution in [2.75, 3.05) is 33.4 Å². The topological polar surface area (TPSA) is 55.8 Å². The molecule has 0 aromatic heterocycles. The lowest BCUT2D eigenvalue weighted by Gasteiger charge is -2.22. The monoisotopic (exact) mass is 339 g/mol. The van der Waals surface area contributed by atoms with Crippen LogP contribution in [0.5, 0.6) is 0 Å². The maximum absolute atomic E-state index is 11.9. The zero-order chi connectivity index (χ0) is 17.2.